The molecule has 0 saturated heterocycles. The Morgan fingerprint density at radius 1 is 1.24 bits per heavy atom. The summed E-state index contributed by atoms with van der Waals surface area (Å²) >= 11 is 0. The first-order valence-electron chi connectivity index (χ1n) is 12.3. The number of fused-ring (bicyclic) bond motifs is 2. The molecule has 1 aromatic carbocycles. The highest BCUT2D eigenvalue weighted by molar-refractivity contribution is 5.79. The number of esters is 1. The lowest BCUT2D eigenvalue weighted by Gasteiger charge is -2.51. The molecule has 2 N–H and O–H groups in total. The second-order valence-electron chi connectivity index (χ2n) is 9.67. The molecule has 1 fully saturated rings. The molecule has 6 heteroatoms. The largest absolute Gasteiger partial charge is 0.504 e. The normalized spacial score (nSPS) is 26.3. The summed E-state index contributed by atoms with van der Waals surface area (Å²) in [6.45, 7) is 3.65. The van der Waals surface area contributed by atoms with Crippen LogP contribution in [0.3, 0.4) is 0 Å². The Hall–Kier alpha value is -3.02. The number of rotatable bonds is 10. The Kier molecular flexibility index (Phi) is 7.44. The molecular formula is C28H35NO5. The van der Waals surface area contributed by atoms with E-state index in [2.05, 4.69) is 30.1 Å². The lowest BCUT2D eigenvalue weighted by Crippen LogP contribution is -2.47. The number of nitrogens with one attached hydrogen (secondary N) is 1. The number of hydrogen-bond donors (Lipinski definition) is 2. The number of carbonyl (C=O) groups is 2. The van der Waals surface area contributed by atoms with Crippen molar-refractivity contribution in [3.63, 3.8) is 0 Å². The summed E-state index contributed by atoms with van der Waals surface area (Å²) in [5.41, 5.74) is 2.14. The Morgan fingerprint density at radius 3 is 2.74 bits per heavy atom. The van der Waals surface area contributed by atoms with Gasteiger partial charge in [0.05, 0.1) is 7.11 Å². The number of phenols is 1. The molecule has 182 valence electrons. The third-order valence-corrected chi connectivity index (χ3v) is 7.66. The third-order valence-electron chi connectivity index (χ3n) is 7.66. The van der Waals surface area contributed by atoms with Crippen LogP contribution in [0.5, 0.6) is 11.5 Å². The number of hydrogen-bond acceptors (Lipinski definition) is 5. The number of allylic oxidation sites excluding steroid dienone is 2. The van der Waals surface area contributed by atoms with Crippen molar-refractivity contribution in [1.82, 2.24) is 4.98 Å². The van der Waals surface area contributed by atoms with Crippen molar-refractivity contribution in [1.29, 1.82) is 0 Å². The van der Waals surface area contributed by atoms with Gasteiger partial charge in [-0.15, -0.1) is 0 Å². The van der Waals surface area contributed by atoms with Crippen LogP contribution in [0.4, 0.5) is 0 Å². The van der Waals surface area contributed by atoms with Gasteiger partial charge in [-0.2, -0.15) is 0 Å². The number of ketones is 1. The second-order valence-corrected chi connectivity index (χ2v) is 9.67. The minimum absolute atomic E-state index is 0.0737. The maximum Gasteiger partial charge on any atom is 0.302 e. The number of aromatic hydroxyl groups is 1. The maximum atomic E-state index is 13.1. The van der Waals surface area contributed by atoms with Crippen LogP contribution in [0.25, 0.3) is 0 Å². The van der Waals surface area contributed by atoms with E-state index in [0.717, 1.165) is 18.4 Å². The molecule has 6 nitrogen and oxygen atoms in total. The van der Waals surface area contributed by atoms with E-state index in [1.807, 2.05) is 12.4 Å². The number of aromatic amines is 1. The summed E-state index contributed by atoms with van der Waals surface area (Å²) in [4.78, 5) is 28.4. The zero-order valence-corrected chi connectivity index (χ0v) is 20.2. The lowest BCUT2D eigenvalue weighted by atomic mass is 9.54. The van der Waals surface area contributed by atoms with Crippen LogP contribution in [0.15, 0.2) is 48.8 Å². The number of H-pyrrole nitrogens is 1. The monoisotopic (exact) mass is 465 g/mol. The summed E-state index contributed by atoms with van der Waals surface area (Å²) in [6.07, 6.45) is 11.5. The summed E-state index contributed by atoms with van der Waals surface area (Å²) in [5.74, 6) is 1.71. The quantitative estimate of drug-likeness (QED) is 0.373. The fraction of sp³-hybridized carbons (Fsp3) is 0.500. The van der Waals surface area contributed by atoms with Crippen molar-refractivity contribution in [2.45, 2.75) is 58.0 Å². The maximum absolute atomic E-state index is 13.1. The highest BCUT2D eigenvalue weighted by atomic mass is 16.5. The predicted molar refractivity (Wildman–Crippen MR) is 130 cm³/mol. The van der Waals surface area contributed by atoms with Gasteiger partial charge in [0.15, 0.2) is 11.5 Å². The van der Waals surface area contributed by atoms with E-state index in [1.165, 1.54) is 19.6 Å². The molecule has 0 spiro atoms. The Labute approximate surface area is 201 Å². The first kappa shape index (κ1) is 24.1. The molecule has 1 heterocycles. The zero-order chi connectivity index (χ0) is 24.2. The topological polar surface area (TPSA) is 88.6 Å². The van der Waals surface area contributed by atoms with E-state index in [0.29, 0.717) is 30.4 Å². The number of methoxy groups -OCH3 is 1. The number of ether oxygens (including phenoxy) is 2. The smallest absolute Gasteiger partial charge is 0.302 e. The molecule has 0 unspecified atom stereocenters. The average molecular weight is 466 g/mol. The third kappa shape index (κ3) is 5.06. The highest BCUT2D eigenvalue weighted by Gasteiger charge is 2.50. The molecule has 2 bridgehead atoms. The van der Waals surface area contributed by atoms with Crippen molar-refractivity contribution in [2.24, 2.45) is 23.7 Å². The van der Waals surface area contributed by atoms with Crippen LogP contribution in [-0.4, -0.2) is 35.1 Å². The Bertz CT molecular complexity index is 1030. The Morgan fingerprint density at radius 2 is 2.06 bits per heavy atom. The fourth-order valence-electron chi connectivity index (χ4n) is 6.14. The van der Waals surface area contributed by atoms with Crippen LogP contribution in [0.2, 0.25) is 0 Å². The van der Waals surface area contributed by atoms with Crippen LogP contribution in [-0.2, 0) is 20.7 Å². The number of benzene rings is 1. The minimum atomic E-state index is -0.453. The lowest BCUT2D eigenvalue weighted by molar-refractivity contribution is -0.154. The molecule has 3 aliphatic carbocycles. The second kappa shape index (κ2) is 10.5. The van der Waals surface area contributed by atoms with Gasteiger partial charge < -0.3 is 19.6 Å². The highest BCUT2D eigenvalue weighted by Crippen LogP contribution is 2.55. The van der Waals surface area contributed by atoms with Gasteiger partial charge in [0.2, 0.25) is 0 Å². The van der Waals surface area contributed by atoms with Gasteiger partial charge in [0, 0.05) is 38.1 Å². The molecule has 0 radical (unpaired) electrons. The molecule has 0 aliphatic heterocycles. The molecule has 6 atom stereocenters. The summed E-state index contributed by atoms with van der Waals surface area (Å²) in [5, 5.41) is 9.81. The van der Waals surface area contributed by atoms with E-state index in [-0.39, 0.29) is 41.7 Å². The molecule has 0 amide bonds. The number of aryl methyl sites for hydroxylation is 1. The molecular weight excluding hydrogens is 430 g/mol. The van der Waals surface area contributed by atoms with Gasteiger partial charge in [-0.25, -0.2) is 0 Å². The fourth-order valence-corrected chi connectivity index (χ4v) is 6.14. The summed E-state index contributed by atoms with van der Waals surface area (Å²) in [7, 11) is 1.50. The predicted octanol–water partition coefficient (Wildman–Crippen LogP) is 5.18. The zero-order valence-electron chi connectivity index (χ0n) is 20.2. The van der Waals surface area contributed by atoms with Crippen LogP contribution in [0.1, 0.15) is 56.6 Å². The summed E-state index contributed by atoms with van der Waals surface area (Å²) in [6, 6.07) is 7.24. The summed E-state index contributed by atoms with van der Waals surface area (Å²) < 4.78 is 11.1. The SMILES string of the molecule is CC[C@@H]1C[C@@H]2C=C[C@H]1[C@@H]([C@H](CC(=O)CCc1ccc(O)c(OC)c1)OC(C)=O)[C@@H]2c1cc[nH]c1. The van der Waals surface area contributed by atoms with E-state index < -0.39 is 6.10 Å². The first-order valence-corrected chi connectivity index (χ1v) is 12.3. The molecule has 1 aromatic heterocycles. The van der Waals surface area contributed by atoms with Gasteiger partial charge in [0.25, 0.3) is 0 Å². The van der Waals surface area contributed by atoms with E-state index in [1.54, 1.807) is 18.2 Å². The van der Waals surface area contributed by atoms with Crippen LogP contribution < -0.4 is 4.74 Å². The first-order chi connectivity index (χ1) is 16.4. The van der Waals surface area contributed by atoms with Crippen molar-refractivity contribution in [2.75, 3.05) is 7.11 Å². The molecule has 2 aromatic rings. The minimum Gasteiger partial charge on any atom is -0.504 e. The molecule has 3 aliphatic rings. The van der Waals surface area contributed by atoms with Crippen molar-refractivity contribution in [3.8, 4) is 11.5 Å². The average Bonchev–Trinajstić information content (AvgIpc) is 3.37. The van der Waals surface area contributed by atoms with E-state index in [9.17, 15) is 14.7 Å². The number of Topliss-reactive ketones (excluding diaryl/α,β-unsaturated/α-hetero) is 1. The van der Waals surface area contributed by atoms with Crippen LogP contribution in [0, 0.1) is 23.7 Å². The molecule has 5 rings (SSSR count). The standard InChI is InChI=1S/C28H35NO5/c1-4-19-14-20-7-9-23(19)28(27(20)21-11-12-29-16-21)26(34-17(2)30)15-22(31)8-5-18-6-10-24(32)25(13-18)33-3/h6-7,9-13,16,19-20,23,26-29,32H,4-5,8,14-15H2,1-3H3/t19-,20+,23-,26+,27+,28+/m1/s1. The molecule has 1 saturated carbocycles. The number of carbonyl (C=O) groups excluding carboxylic acids is 2. The van der Waals surface area contributed by atoms with Crippen molar-refractivity contribution < 1.29 is 24.2 Å². The number of phenolic OH excluding ortho intramolecular Hbond substituents is 1. The molecule has 34 heavy (non-hydrogen) atoms. The van der Waals surface area contributed by atoms with Crippen LogP contribution >= 0.6 is 0 Å². The van der Waals surface area contributed by atoms with Gasteiger partial charge in [0.1, 0.15) is 11.9 Å². The Balaban J connectivity index is 1.53. The van der Waals surface area contributed by atoms with Crippen molar-refractivity contribution >= 4 is 11.8 Å². The van der Waals surface area contributed by atoms with E-state index >= 15 is 0 Å². The van der Waals surface area contributed by atoms with Gasteiger partial charge in [-0.1, -0.05) is 31.6 Å². The van der Waals surface area contributed by atoms with E-state index in [4.69, 9.17) is 9.47 Å². The van der Waals surface area contributed by atoms with Gasteiger partial charge in [-0.3, -0.25) is 9.59 Å². The van der Waals surface area contributed by atoms with Gasteiger partial charge in [-0.05, 0) is 65.8 Å². The van der Waals surface area contributed by atoms with Gasteiger partial charge >= 0.3 is 5.97 Å². The van der Waals surface area contributed by atoms with Crippen molar-refractivity contribution in [3.05, 3.63) is 59.9 Å². The number of aromatic nitrogens is 1.